The molecule has 0 spiro atoms. The lowest BCUT2D eigenvalue weighted by atomic mass is 10.0. The normalized spacial score (nSPS) is 13.3. The van der Waals surface area contributed by atoms with Gasteiger partial charge in [-0.2, -0.15) is 0 Å². The van der Waals surface area contributed by atoms with Crippen LogP contribution in [0.4, 0.5) is 0 Å². The molecule has 2 heterocycles. The van der Waals surface area contributed by atoms with E-state index in [1.807, 2.05) is 0 Å². The number of aromatic nitrogens is 2. The van der Waals surface area contributed by atoms with Gasteiger partial charge < -0.3 is 9.13 Å². The Kier molecular flexibility index (Phi) is 9.62. The number of hydrogen-bond donors (Lipinski definition) is 0. The highest BCUT2D eigenvalue weighted by molar-refractivity contribution is 5.97. The Hall–Kier alpha value is -5.08. The Morgan fingerprint density at radius 3 is 1.43 bits per heavy atom. The number of para-hydroxylation sites is 2. The Morgan fingerprint density at radius 1 is 0.523 bits per heavy atom. The molecule has 5 rings (SSSR count). The van der Waals surface area contributed by atoms with Gasteiger partial charge in [0.1, 0.15) is 0 Å². The highest BCUT2D eigenvalue weighted by Crippen LogP contribution is 2.37. The van der Waals surface area contributed by atoms with Crippen LogP contribution < -0.4 is 0 Å². The van der Waals surface area contributed by atoms with Crippen LogP contribution in [0.1, 0.15) is 69.6 Å². The van der Waals surface area contributed by atoms with Crippen LogP contribution in [0.3, 0.4) is 0 Å². The van der Waals surface area contributed by atoms with E-state index in [1.54, 1.807) is 0 Å². The molecule has 0 fully saturated rings. The van der Waals surface area contributed by atoms with Crippen LogP contribution in [-0.4, -0.2) is 9.13 Å². The lowest BCUT2D eigenvalue weighted by molar-refractivity contribution is 1.06. The third kappa shape index (κ3) is 5.64. The van der Waals surface area contributed by atoms with Crippen molar-refractivity contribution in [3.05, 3.63) is 149 Å². The molecule has 0 amide bonds. The molecule has 0 saturated carbocycles. The highest BCUT2D eigenvalue weighted by Gasteiger charge is 2.19. The Bertz CT molecular complexity index is 1880. The first-order chi connectivity index (χ1) is 21.6. The van der Waals surface area contributed by atoms with E-state index in [2.05, 4.69) is 196 Å². The van der Waals surface area contributed by atoms with Gasteiger partial charge in [0.25, 0.3) is 0 Å². The molecule has 0 bridgehead atoms. The fraction of sp³-hybridized carbons (Fsp3) is 0.143. The van der Waals surface area contributed by atoms with Gasteiger partial charge in [-0.3, -0.25) is 0 Å². The second-order valence-corrected chi connectivity index (χ2v) is 10.7. The summed E-state index contributed by atoms with van der Waals surface area (Å²) in [5, 5.41) is 2.47. The lowest BCUT2D eigenvalue weighted by Crippen LogP contribution is -2.03. The van der Waals surface area contributed by atoms with Crippen LogP contribution in [0.2, 0.25) is 0 Å². The molecule has 0 atom stereocenters. The van der Waals surface area contributed by atoms with Crippen LogP contribution in [-0.2, 0) is 0 Å². The lowest BCUT2D eigenvalue weighted by Gasteiger charge is -2.17. The third-order valence-corrected chi connectivity index (χ3v) is 7.79. The third-order valence-electron chi connectivity index (χ3n) is 7.79. The summed E-state index contributed by atoms with van der Waals surface area (Å²) in [6, 6.07) is 24.4. The number of fused-ring (bicyclic) bond motifs is 2. The molecule has 0 aliphatic heterocycles. The van der Waals surface area contributed by atoms with Crippen LogP contribution in [0.25, 0.3) is 63.1 Å². The minimum Gasteiger partial charge on any atom is -0.309 e. The van der Waals surface area contributed by atoms with Crippen molar-refractivity contribution in [2.75, 3.05) is 0 Å². The predicted molar refractivity (Wildman–Crippen MR) is 197 cm³/mol. The average molecular weight is 575 g/mol. The van der Waals surface area contributed by atoms with Gasteiger partial charge in [0.2, 0.25) is 0 Å². The van der Waals surface area contributed by atoms with Crippen molar-refractivity contribution in [1.82, 2.24) is 9.13 Å². The summed E-state index contributed by atoms with van der Waals surface area (Å²) in [7, 11) is 0. The SMILES string of the molecule is C\C=C/C=C(\C=C/C)c1cc(-n2c(/C=C\C)c(/C=C\C)c3ccccc32)cc(-n2c(/C=C\C)c(/C=C\C)c3ccccc32)c1. The number of nitrogens with zero attached hydrogens (tertiary/aromatic N) is 2. The van der Waals surface area contributed by atoms with Gasteiger partial charge in [0.15, 0.2) is 0 Å². The second-order valence-electron chi connectivity index (χ2n) is 10.7. The molecular formula is C42H42N2. The summed E-state index contributed by atoms with van der Waals surface area (Å²) in [5.41, 5.74) is 11.7. The first kappa shape index (κ1) is 30.4. The smallest absolute Gasteiger partial charge is 0.0541 e. The fourth-order valence-corrected chi connectivity index (χ4v) is 6.10. The molecule has 0 unspecified atom stereocenters. The molecule has 0 aliphatic carbocycles. The van der Waals surface area contributed by atoms with E-state index in [0.717, 1.165) is 22.5 Å². The van der Waals surface area contributed by atoms with Gasteiger partial charge >= 0.3 is 0 Å². The first-order valence-electron chi connectivity index (χ1n) is 15.5. The molecule has 2 nitrogen and oxygen atoms in total. The molecule has 0 N–H and O–H groups in total. The van der Waals surface area contributed by atoms with Gasteiger partial charge in [-0.15, -0.1) is 0 Å². The van der Waals surface area contributed by atoms with Crippen molar-refractivity contribution in [3.63, 3.8) is 0 Å². The van der Waals surface area contributed by atoms with Gasteiger partial charge in [-0.25, -0.2) is 0 Å². The van der Waals surface area contributed by atoms with E-state index in [1.165, 1.54) is 44.3 Å². The topological polar surface area (TPSA) is 9.86 Å². The van der Waals surface area contributed by atoms with Crippen molar-refractivity contribution in [3.8, 4) is 11.4 Å². The Morgan fingerprint density at radius 2 is 1.00 bits per heavy atom. The first-order valence-corrected chi connectivity index (χ1v) is 15.5. The van der Waals surface area contributed by atoms with Crippen molar-refractivity contribution >= 4 is 51.7 Å². The maximum atomic E-state index is 2.41. The average Bonchev–Trinajstić information content (AvgIpc) is 3.52. The molecular weight excluding hydrogens is 532 g/mol. The minimum absolute atomic E-state index is 1.12. The van der Waals surface area contributed by atoms with E-state index in [9.17, 15) is 0 Å². The van der Waals surface area contributed by atoms with Crippen molar-refractivity contribution < 1.29 is 0 Å². The predicted octanol–water partition coefficient (Wildman–Crippen LogP) is 12.2. The van der Waals surface area contributed by atoms with Gasteiger partial charge in [-0.05, 0) is 95.2 Å². The quantitative estimate of drug-likeness (QED) is 0.155. The zero-order chi connectivity index (χ0) is 31.1. The summed E-state index contributed by atoms with van der Waals surface area (Å²) < 4.78 is 4.82. The monoisotopic (exact) mass is 574 g/mol. The largest absolute Gasteiger partial charge is 0.309 e. The van der Waals surface area contributed by atoms with Gasteiger partial charge in [0.05, 0.1) is 22.4 Å². The van der Waals surface area contributed by atoms with Crippen molar-refractivity contribution in [1.29, 1.82) is 0 Å². The van der Waals surface area contributed by atoms with E-state index < -0.39 is 0 Å². The van der Waals surface area contributed by atoms with E-state index in [4.69, 9.17) is 0 Å². The fourth-order valence-electron chi connectivity index (χ4n) is 6.10. The zero-order valence-corrected chi connectivity index (χ0v) is 26.8. The molecule has 0 saturated heterocycles. The van der Waals surface area contributed by atoms with Crippen LogP contribution in [0, 0.1) is 0 Å². The zero-order valence-electron chi connectivity index (χ0n) is 26.8. The Balaban J connectivity index is 1.97. The van der Waals surface area contributed by atoms with Crippen LogP contribution in [0.15, 0.2) is 121 Å². The van der Waals surface area contributed by atoms with Gasteiger partial charge in [0, 0.05) is 33.3 Å². The highest BCUT2D eigenvalue weighted by atomic mass is 15.0. The molecule has 44 heavy (non-hydrogen) atoms. The summed E-state index contributed by atoms with van der Waals surface area (Å²) in [4.78, 5) is 0. The van der Waals surface area contributed by atoms with Crippen LogP contribution >= 0.6 is 0 Å². The molecule has 2 aromatic heterocycles. The summed E-state index contributed by atoms with van der Waals surface area (Å²) in [6.45, 7) is 12.5. The minimum atomic E-state index is 1.12. The molecule has 2 heteroatoms. The maximum Gasteiger partial charge on any atom is 0.0541 e. The second kappa shape index (κ2) is 13.9. The van der Waals surface area contributed by atoms with Crippen molar-refractivity contribution in [2.45, 2.75) is 41.5 Å². The molecule has 5 aromatic rings. The van der Waals surface area contributed by atoms with Crippen LogP contribution in [0.5, 0.6) is 0 Å². The van der Waals surface area contributed by atoms with E-state index in [-0.39, 0.29) is 0 Å². The summed E-state index contributed by atoms with van der Waals surface area (Å²) in [5.74, 6) is 0. The molecule has 3 aromatic carbocycles. The van der Waals surface area contributed by atoms with E-state index in [0.29, 0.717) is 0 Å². The number of rotatable bonds is 9. The Labute approximate surface area is 262 Å². The number of hydrogen-bond acceptors (Lipinski definition) is 0. The number of benzene rings is 3. The number of allylic oxidation sites excluding steroid dienone is 10. The summed E-state index contributed by atoms with van der Waals surface area (Å²) in [6.07, 6.45) is 28.1. The standard InChI is InChI=1S/C42H42N2/c1-7-13-23-31(18-8-2)32-28-33(43-39(21-11-5)35(19-9-3)37-24-14-16-26-41(37)43)30-34(29-32)44-40(22-12-6)36(20-10-4)38-25-15-17-27-42(38)44/h7-30H,1-6H3/b13-7-,18-8-,19-9-,20-10-,21-11-,22-12-,31-23+. The summed E-state index contributed by atoms with van der Waals surface area (Å²) >= 11 is 0. The van der Waals surface area contributed by atoms with E-state index >= 15 is 0 Å². The molecule has 0 radical (unpaired) electrons. The molecule has 220 valence electrons. The van der Waals surface area contributed by atoms with Crippen molar-refractivity contribution in [2.24, 2.45) is 0 Å². The maximum absolute atomic E-state index is 2.41. The van der Waals surface area contributed by atoms with Gasteiger partial charge in [-0.1, -0.05) is 103 Å². The molecule has 0 aliphatic rings.